The zero-order valence-electron chi connectivity index (χ0n) is 11.1. The minimum absolute atomic E-state index is 0.0881. The Morgan fingerprint density at radius 1 is 1.35 bits per heavy atom. The summed E-state index contributed by atoms with van der Waals surface area (Å²) >= 11 is 6.06. The van der Waals surface area contributed by atoms with Crippen LogP contribution in [0.5, 0.6) is 0 Å². The van der Waals surface area contributed by atoms with Crippen molar-refractivity contribution in [3.8, 4) is 0 Å². The second-order valence-corrected chi connectivity index (χ2v) is 4.83. The minimum atomic E-state index is -0.384. The van der Waals surface area contributed by atoms with Crippen LogP contribution in [0.4, 0.5) is 11.4 Å². The molecule has 0 saturated heterocycles. The molecule has 6 heteroatoms. The molecule has 2 aromatic rings. The molecule has 104 valence electrons. The Kier molecular flexibility index (Phi) is 4.20. The normalized spacial score (nSPS) is 11.9. The van der Waals surface area contributed by atoms with Crippen molar-refractivity contribution in [1.29, 1.82) is 0 Å². The highest BCUT2D eigenvalue weighted by atomic mass is 35.5. The Morgan fingerprint density at radius 2 is 2.05 bits per heavy atom. The predicted octanol–water partition coefficient (Wildman–Crippen LogP) is 4.12. The molecule has 1 atom stereocenters. The molecular formula is C14H14ClN3O2. The van der Waals surface area contributed by atoms with Gasteiger partial charge in [-0.1, -0.05) is 29.8 Å². The molecule has 2 rings (SSSR count). The van der Waals surface area contributed by atoms with Crippen LogP contribution in [0.1, 0.15) is 24.1 Å². The van der Waals surface area contributed by atoms with E-state index in [9.17, 15) is 10.1 Å². The van der Waals surface area contributed by atoms with Crippen molar-refractivity contribution in [3.63, 3.8) is 0 Å². The van der Waals surface area contributed by atoms with Crippen LogP contribution in [-0.2, 0) is 0 Å². The number of pyridine rings is 1. The SMILES string of the molecule is Cc1ccnc(Cl)c1NC(C)c1ccccc1[N+](=O)[O-]. The first kappa shape index (κ1) is 14.3. The summed E-state index contributed by atoms with van der Waals surface area (Å²) in [6, 6.07) is 8.23. The first-order chi connectivity index (χ1) is 9.50. The van der Waals surface area contributed by atoms with Crippen LogP contribution in [0.25, 0.3) is 0 Å². The summed E-state index contributed by atoms with van der Waals surface area (Å²) in [6.45, 7) is 3.76. The van der Waals surface area contributed by atoms with E-state index in [1.165, 1.54) is 6.07 Å². The van der Waals surface area contributed by atoms with Crippen LogP contribution in [0.2, 0.25) is 5.15 Å². The molecule has 0 saturated carbocycles. The smallest absolute Gasteiger partial charge is 0.274 e. The molecule has 0 amide bonds. The summed E-state index contributed by atoms with van der Waals surface area (Å²) in [5, 5.41) is 14.6. The third-order valence-electron chi connectivity index (χ3n) is 3.07. The topological polar surface area (TPSA) is 68.1 Å². The predicted molar refractivity (Wildman–Crippen MR) is 79.1 cm³/mol. The number of hydrogen-bond donors (Lipinski definition) is 1. The van der Waals surface area contributed by atoms with E-state index < -0.39 is 0 Å². The molecule has 0 spiro atoms. The fraction of sp³-hybridized carbons (Fsp3) is 0.214. The number of anilines is 1. The number of aryl methyl sites for hydroxylation is 1. The molecule has 0 bridgehead atoms. The number of rotatable bonds is 4. The summed E-state index contributed by atoms with van der Waals surface area (Å²) in [5.74, 6) is 0. The van der Waals surface area contributed by atoms with Gasteiger partial charge in [0.2, 0.25) is 0 Å². The van der Waals surface area contributed by atoms with Gasteiger partial charge in [0.15, 0.2) is 5.15 Å². The van der Waals surface area contributed by atoms with E-state index in [-0.39, 0.29) is 16.7 Å². The van der Waals surface area contributed by atoms with Gasteiger partial charge in [-0.15, -0.1) is 0 Å². The number of nitro groups is 1. The molecule has 1 aromatic heterocycles. The number of halogens is 1. The van der Waals surface area contributed by atoms with Gasteiger partial charge in [-0.05, 0) is 25.5 Å². The van der Waals surface area contributed by atoms with E-state index in [2.05, 4.69) is 10.3 Å². The third kappa shape index (κ3) is 2.88. The van der Waals surface area contributed by atoms with Gasteiger partial charge in [0.25, 0.3) is 5.69 Å². The Balaban J connectivity index is 2.34. The molecule has 0 aliphatic rings. The van der Waals surface area contributed by atoms with E-state index in [0.29, 0.717) is 16.4 Å². The van der Waals surface area contributed by atoms with Gasteiger partial charge in [0.05, 0.1) is 22.2 Å². The van der Waals surface area contributed by atoms with Crippen molar-refractivity contribution in [2.45, 2.75) is 19.9 Å². The molecule has 0 radical (unpaired) electrons. The van der Waals surface area contributed by atoms with Crippen LogP contribution in [0.3, 0.4) is 0 Å². The average molecular weight is 292 g/mol. The van der Waals surface area contributed by atoms with Crippen molar-refractivity contribution in [2.75, 3.05) is 5.32 Å². The third-order valence-corrected chi connectivity index (χ3v) is 3.36. The Labute approximate surface area is 121 Å². The molecule has 0 fully saturated rings. The Morgan fingerprint density at radius 3 is 2.70 bits per heavy atom. The van der Waals surface area contributed by atoms with Crippen LogP contribution in [0, 0.1) is 17.0 Å². The minimum Gasteiger partial charge on any atom is -0.376 e. The number of nitrogens with zero attached hydrogens (tertiary/aromatic N) is 2. The number of para-hydroxylation sites is 1. The van der Waals surface area contributed by atoms with Crippen LogP contribution in [0.15, 0.2) is 36.5 Å². The molecule has 0 aliphatic heterocycles. The maximum absolute atomic E-state index is 11.1. The maximum Gasteiger partial charge on any atom is 0.274 e. The summed E-state index contributed by atoms with van der Waals surface area (Å²) in [7, 11) is 0. The van der Waals surface area contributed by atoms with Gasteiger partial charge < -0.3 is 5.32 Å². The standard InChI is InChI=1S/C14H14ClN3O2/c1-9-7-8-16-14(15)13(9)17-10(2)11-5-3-4-6-12(11)18(19)20/h3-8,10,17H,1-2H3. The lowest BCUT2D eigenvalue weighted by Gasteiger charge is -2.18. The highest BCUT2D eigenvalue weighted by Crippen LogP contribution is 2.31. The van der Waals surface area contributed by atoms with Crippen molar-refractivity contribution in [2.24, 2.45) is 0 Å². The first-order valence-corrected chi connectivity index (χ1v) is 6.49. The van der Waals surface area contributed by atoms with Crippen molar-refractivity contribution in [1.82, 2.24) is 4.98 Å². The second-order valence-electron chi connectivity index (χ2n) is 4.48. The summed E-state index contributed by atoms with van der Waals surface area (Å²) in [5.41, 5.74) is 2.33. The molecule has 1 heterocycles. The van der Waals surface area contributed by atoms with Crippen molar-refractivity contribution >= 4 is 23.0 Å². The molecule has 0 aliphatic carbocycles. The average Bonchev–Trinajstić information content (AvgIpc) is 2.43. The van der Waals surface area contributed by atoms with Gasteiger partial charge >= 0.3 is 0 Å². The van der Waals surface area contributed by atoms with Crippen LogP contribution < -0.4 is 5.32 Å². The molecule has 1 aromatic carbocycles. The fourth-order valence-corrected chi connectivity index (χ4v) is 2.27. The molecule has 20 heavy (non-hydrogen) atoms. The number of hydrogen-bond acceptors (Lipinski definition) is 4. The lowest BCUT2D eigenvalue weighted by atomic mass is 10.1. The zero-order chi connectivity index (χ0) is 14.7. The lowest BCUT2D eigenvalue weighted by Crippen LogP contribution is -2.10. The first-order valence-electron chi connectivity index (χ1n) is 6.11. The summed E-state index contributed by atoms with van der Waals surface area (Å²) in [6.07, 6.45) is 1.62. The molecule has 5 nitrogen and oxygen atoms in total. The van der Waals surface area contributed by atoms with Crippen molar-refractivity contribution in [3.05, 3.63) is 62.9 Å². The maximum atomic E-state index is 11.1. The highest BCUT2D eigenvalue weighted by molar-refractivity contribution is 6.32. The van der Waals surface area contributed by atoms with E-state index in [4.69, 9.17) is 11.6 Å². The quantitative estimate of drug-likeness (QED) is 0.522. The second kappa shape index (κ2) is 5.88. The van der Waals surface area contributed by atoms with E-state index >= 15 is 0 Å². The van der Waals surface area contributed by atoms with Gasteiger partial charge in [-0.2, -0.15) is 0 Å². The lowest BCUT2D eigenvalue weighted by molar-refractivity contribution is -0.385. The van der Waals surface area contributed by atoms with Gasteiger partial charge in [0, 0.05) is 12.3 Å². The number of nitro benzene ring substituents is 1. The summed E-state index contributed by atoms with van der Waals surface area (Å²) in [4.78, 5) is 14.7. The molecule has 1 N–H and O–H groups in total. The Bertz CT molecular complexity index is 626. The Hall–Kier alpha value is -2.14. The van der Waals surface area contributed by atoms with E-state index in [0.717, 1.165) is 5.56 Å². The monoisotopic (exact) mass is 291 g/mol. The fourth-order valence-electron chi connectivity index (χ4n) is 2.01. The van der Waals surface area contributed by atoms with E-state index in [1.54, 1.807) is 24.4 Å². The van der Waals surface area contributed by atoms with Crippen LogP contribution in [-0.4, -0.2) is 9.91 Å². The van der Waals surface area contributed by atoms with Gasteiger partial charge in [-0.3, -0.25) is 10.1 Å². The van der Waals surface area contributed by atoms with E-state index in [1.807, 2.05) is 19.9 Å². The largest absolute Gasteiger partial charge is 0.376 e. The van der Waals surface area contributed by atoms with Gasteiger partial charge in [-0.25, -0.2) is 4.98 Å². The summed E-state index contributed by atoms with van der Waals surface area (Å²) < 4.78 is 0. The molecular weight excluding hydrogens is 278 g/mol. The number of benzene rings is 1. The molecule has 1 unspecified atom stereocenters. The number of nitrogens with one attached hydrogen (secondary N) is 1. The number of aromatic nitrogens is 1. The van der Waals surface area contributed by atoms with Gasteiger partial charge in [0.1, 0.15) is 0 Å². The van der Waals surface area contributed by atoms with Crippen molar-refractivity contribution < 1.29 is 4.92 Å². The van der Waals surface area contributed by atoms with Crippen LogP contribution >= 0.6 is 11.6 Å². The highest BCUT2D eigenvalue weighted by Gasteiger charge is 2.19. The zero-order valence-corrected chi connectivity index (χ0v) is 11.9.